The SMILES string of the molecule is O=C(O)C1(Cn2nnnc2-c2cncc(Br)c2)CCCC1. The van der Waals surface area contributed by atoms with Gasteiger partial charge in [-0.25, -0.2) is 4.68 Å². The van der Waals surface area contributed by atoms with E-state index in [-0.39, 0.29) is 6.54 Å². The van der Waals surface area contributed by atoms with E-state index in [1.165, 1.54) is 0 Å². The number of rotatable bonds is 4. The molecule has 1 aliphatic carbocycles. The maximum absolute atomic E-state index is 11.6. The molecule has 2 aromatic rings. The lowest BCUT2D eigenvalue weighted by Crippen LogP contribution is -2.33. The summed E-state index contributed by atoms with van der Waals surface area (Å²) in [5, 5.41) is 21.2. The summed E-state index contributed by atoms with van der Waals surface area (Å²) >= 11 is 3.36. The Morgan fingerprint density at radius 3 is 2.81 bits per heavy atom. The number of aromatic nitrogens is 5. The Bertz CT molecular complexity index is 666. The van der Waals surface area contributed by atoms with Crippen LogP contribution < -0.4 is 0 Å². The number of carbonyl (C=O) groups is 1. The molecule has 1 saturated carbocycles. The average Bonchev–Trinajstić information content (AvgIpc) is 3.09. The molecular weight excluding hydrogens is 338 g/mol. The standard InChI is InChI=1S/C13H14BrN5O2/c14-10-5-9(6-15-7-10)11-16-17-18-19(11)8-13(12(20)21)3-1-2-4-13/h5-7H,1-4,8H2,(H,20,21). The van der Waals surface area contributed by atoms with Crippen molar-refractivity contribution in [3.63, 3.8) is 0 Å². The summed E-state index contributed by atoms with van der Waals surface area (Å²) in [6, 6.07) is 1.86. The van der Waals surface area contributed by atoms with Crippen molar-refractivity contribution in [2.45, 2.75) is 32.2 Å². The Hall–Kier alpha value is -1.83. The van der Waals surface area contributed by atoms with Gasteiger partial charge in [0.2, 0.25) is 0 Å². The molecule has 0 aromatic carbocycles. The summed E-state index contributed by atoms with van der Waals surface area (Å²) in [4.78, 5) is 15.7. The van der Waals surface area contributed by atoms with Crippen LogP contribution in [0.3, 0.4) is 0 Å². The molecule has 3 rings (SSSR count). The summed E-state index contributed by atoms with van der Waals surface area (Å²) in [6.07, 6.45) is 6.53. The Kier molecular flexibility index (Phi) is 3.71. The van der Waals surface area contributed by atoms with E-state index in [2.05, 4.69) is 36.4 Å². The van der Waals surface area contributed by atoms with Crippen molar-refractivity contribution in [1.29, 1.82) is 0 Å². The van der Waals surface area contributed by atoms with E-state index < -0.39 is 11.4 Å². The molecule has 0 radical (unpaired) electrons. The largest absolute Gasteiger partial charge is 0.481 e. The summed E-state index contributed by atoms with van der Waals surface area (Å²) in [6.45, 7) is 0.289. The fourth-order valence-corrected chi connectivity index (χ4v) is 3.19. The molecule has 1 aliphatic rings. The zero-order valence-corrected chi connectivity index (χ0v) is 12.8. The first-order valence-corrected chi connectivity index (χ1v) is 7.50. The molecule has 0 atom stereocenters. The molecule has 0 saturated heterocycles. The lowest BCUT2D eigenvalue weighted by atomic mass is 9.86. The molecule has 2 aromatic heterocycles. The van der Waals surface area contributed by atoms with Gasteiger partial charge >= 0.3 is 5.97 Å². The fraction of sp³-hybridized carbons (Fsp3) is 0.462. The quantitative estimate of drug-likeness (QED) is 0.906. The van der Waals surface area contributed by atoms with E-state index in [0.29, 0.717) is 18.7 Å². The summed E-state index contributed by atoms with van der Waals surface area (Å²) in [5.74, 6) is -0.231. The summed E-state index contributed by atoms with van der Waals surface area (Å²) < 4.78 is 2.39. The van der Waals surface area contributed by atoms with Gasteiger partial charge in [-0.2, -0.15) is 0 Å². The smallest absolute Gasteiger partial charge is 0.311 e. The van der Waals surface area contributed by atoms with E-state index in [9.17, 15) is 9.90 Å². The minimum atomic E-state index is -0.770. The zero-order chi connectivity index (χ0) is 14.9. The van der Waals surface area contributed by atoms with Crippen LogP contribution >= 0.6 is 15.9 Å². The lowest BCUT2D eigenvalue weighted by Gasteiger charge is -2.23. The molecule has 21 heavy (non-hydrogen) atoms. The van der Waals surface area contributed by atoms with Crippen molar-refractivity contribution in [1.82, 2.24) is 25.2 Å². The normalized spacial score (nSPS) is 17.0. The second-order valence-corrected chi connectivity index (χ2v) is 6.26. The Morgan fingerprint density at radius 2 is 2.14 bits per heavy atom. The van der Waals surface area contributed by atoms with Crippen molar-refractivity contribution in [2.24, 2.45) is 5.41 Å². The molecule has 1 N–H and O–H groups in total. The highest BCUT2D eigenvalue weighted by molar-refractivity contribution is 9.10. The molecule has 0 aliphatic heterocycles. The van der Waals surface area contributed by atoms with Gasteiger partial charge in [0.15, 0.2) is 5.82 Å². The van der Waals surface area contributed by atoms with Gasteiger partial charge in [-0.3, -0.25) is 9.78 Å². The molecule has 0 unspecified atom stereocenters. The van der Waals surface area contributed by atoms with Crippen molar-refractivity contribution in [3.8, 4) is 11.4 Å². The highest BCUT2D eigenvalue weighted by Gasteiger charge is 2.42. The maximum atomic E-state index is 11.6. The van der Waals surface area contributed by atoms with Crippen LogP contribution in [0.1, 0.15) is 25.7 Å². The van der Waals surface area contributed by atoms with Gasteiger partial charge in [-0.05, 0) is 45.3 Å². The second kappa shape index (κ2) is 5.51. The van der Waals surface area contributed by atoms with Crippen LogP contribution in [0, 0.1) is 5.41 Å². The van der Waals surface area contributed by atoms with Gasteiger partial charge in [0.05, 0.1) is 12.0 Å². The third-order valence-electron chi connectivity index (χ3n) is 3.96. The van der Waals surface area contributed by atoms with E-state index in [0.717, 1.165) is 22.9 Å². The molecule has 110 valence electrons. The topological polar surface area (TPSA) is 93.8 Å². The van der Waals surface area contributed by atoms with Gasteiger partial charge in [0.25, 0.3) is 0 Å². The highest BCUT2D eigenvalue weighted by atomic mass is 79.9. The third-order valence-corrected chi connectivity index (χ3v) is 4.40. The molecule has 7 nitrogen and oxygen atoms in total. The van der Waals surface area contributed by atoms with Crippen molar-refractivity contribution in [3.05, 3.63) is 22.9 Å². The first kappa shape index (κ1) is 14.1. The van der Waals surface area contributed by atoms with Gasteiger partial charge in [-0.1, -0.05) is 12.8 Å². The van der Waals surface area contributed by atoms with Crippen LogP contribution in [0.5, 0.6) is 0 Å². The van der Waals surface area contributed by atoms with E-state index in [4.69, 9.17) is 0 Å². The molecule has 8 heteroatoms. The van der Waals surface area contributed by atoms with E-state index in [1.54, 1.807) is 17.1 Å². The predicted molar refractivity (Wildman–Crippen MR) is 77.3 cm³/mol. The molecule has 0 spiro atoms. The average molecular weight is 352 g/mol. The maximum Gasteiger partial charge on any atom is 0.311 e. The monoisotopic (exact) mass is 351 g/mol. The van der Waals surface area contributed by atoms with Gasteiger partial charge < -0.3 is 5.11 Å². The molecule has 1 fully saturated rings. The van der Waals surface area contributed by atoms with Crippen molar-refractivity contribution in [2.75, 3.05) is 0 Å². The first-order valence-electron chi connectivity index (χ1n) is 6.71. The number of aliphatic carboxylic acids is 1. The van der Waals surface area contributed by atoms with Crippen LogP contribution in [0.4, 0.5) is 0 Å². The minimum absolute atomic E-state index is 0.289. The minimum Gasteiger partial charge on any atom is -0.481 e. The number of tetrazole rings is 1. The molecule has 0 amide bonds. The number of carboxylic acid groups (broad SMARTS) is 1. The van der Waals surface area contributed by atoms with Crippen LogP contribution in [0.2, 0.25) is 0 Å². The van der Waals surface area contributed by atoms with Crippen LogP contribution in [0.15, 0.2) is 22.9 Å². The molecule has 0 bridgehead atoms. The number of halogens is 1. The second-order valence-electron chi connectivity index (χ2n) is 5.34. The van der Waals surface area contributed by atoms with Gasteiger partial charge in [0.1, 0.15) is 0 Å². The number of nitrogens with zero attached hydrogens (tertiary/aromatic N) is 5. The number of hydrogen-bond acceptors (Lipinski definition) is 5. The number of carboxylic acids is 1. The van der Waals surface area contributed by atoms with Crippen LogP contribution in [0.25, 0.3) is 11.4 Å². The van der Waals surface area contributed by atoms with Crippen molar-refractivity contribution >= 4 is 21.9 Å². The lowest BCUT2D eigenvalue weighted by molar-refractivity contribution is -0.149. The predicted octanol–water partition coefficient (Wildman–Crippen LogP) is 2.14. The number of pyridine rings is 1. The van der Waals surface area contributed by atoms with Crippen LogP contribution in [-0.2, 0) is 11.3 Å². The number of hydrogen-bond donors (Lipinski definition) is 1. The first-order chi connectivity index (χ1) is 10.1. The van der Waals surface area contributed by atoms with Crippen molar-refractivity contribution < 1.29 is 9.90 Å². The summed E-state index contributed by atoms with van der Waals surface area (Å²) in [7, 11) is 0. The highest BCUT2D eigenvalue weighted by Crippen LogP contribution is 2.40. The fourth-order valence-electron chi connectivity index (χ4n) is 2.83. The Balaban J connectivity index is 1.94. The molecular formula is C13H14BrN5O2. The molecule has 2 heterocycles. The third kappa shape index (κ3) is 2.67. The van der Waals surface area contributed by atoms with Crippen LogP contribution in [-0.4, -0.2) is 36.3 Å². The Morgan fingerprint density at radius 1 is 1.38 bits per heavy atom. The summed E-state index contributed by atoms with van der Waals surface area (Å²) in [5.41, 5.74) is -0.00302. The zero-order valence-electron chi connectivity index (χ0n) is 11.2. The Labute approximate surface area is 129 Å². The van der Waals surface area contributed by atoms with E-state index >= 15 is 0 Å². The van der Waals surface area contributed by atoms with Gasteiger partial charge in [0, 0.05) is 22.4 Å². The van der Waals surface area contributed by atoms with Gasteiger partial charge in [-0.15, -0.1) is 5.10 Å². The van der Waals surface area contributed by atoms with E-state index in [1.807, 2.05) is 6.07 Å².